The molecule has 0 aliphatic heterocycles. The van der Waals surface area contributed by atoms with E-state index >= 15 is 0 Å². The highest BCUT2D eigenvalue weighted by molar-refractivity contribution is 5.78. The smallest absolute Gasteiger partial charge is 0.203 e. The number of benzene rings is 13. The van der Waals surface area contributed by atoms with E-state index in [1.807, 2.05) is 309 Å². The van der Waals surface area contributed by atoms with Gasteiger partial charge in [0.15, 0.2) is 46.0 Å². The molecule has 0 aliphatic rings. The van der Waals surface area contributed by atoms with Crippen molar-refractivity contribution in [3.8, 4) is 69.0 Å². The molecule has 0 spiro atoms. The van der Waals surface area contributed by atoms with E-state index in [2.05, 4.69) is 0 Å². The summed E-state index contributed by atoms with van der Waals surface area (Å²) < 4.78 is 81.5. The van der Waals surface area contributed by atoms with Crippen molar-refractivity contribution in [1.82, 2.24) is 0 Å². The van der Waals surface area contributed by atoms with E-state index < -0.39 is 0 Å². The number of carbonyl (C=O) groups excluding carboxylic acids is 1. The highest BCUT2D eigenvalue weighted by atomic mass is 16.6. The molecule has 0 bridgehead atoms. The van der Waals surface area contributed by atoms with Gasteiger partial charge in [-0.3, -0.25) is 4.79 Å². The molecule has 0 fully saturated rings. The van der Waals surface area contributed by atoms with Gasteiger partial charge in [-0.25, -0.2) is 0 Å². The molecule has 13 rings (SSSR count). The second kappa shape index (κ2) is 36.5. The molecule has 0 aromatic heterocycles. The lowest BCUT2D eigenvalue weighted by molar-refractivity contribution is 0.112. The van der Waals surface area contributed by atoms with Crippen molar-refractivity contribution in [2.24, 2.45) is 0 Å². The van der Waals surface area contributed by atoms with Gasteiger partial charge in [-0.05, 0) is 115 Å². The third-order valence-electron chi connectivity index (χ3n) is 16.7. The first-order valence-corrected chi connectivity index (χ1v) is 34.5. The lowest BCUT2D eigenvalue weighted by Gasteiger charge is -2.22. The van der Waals surface area contributed by atoms with Gasteiger partial charge in [-0.15, -0.1) is 0 Å². The Labute approximate surface area is 606 Å². The van der Waals surface area contributed by atoms with Gasteiger partial charge in [-0.1, -0.05) is 273 Å². The number of rotatable bonds is 37. The lowest BCUT2D eigenvalue weighted by Crippen LogP contribution is -2.08. The van der Waals surface area contributed by atoms with Crippen LogP contribution in [0.15, 0.2) is 322 Å². The maximum Gasteiger partial charge on any atom is 0.203 e. The Kier molecular flexibility index (Phi) is 24.4. The Balaban J connectivity index is 0.898. The van der Waals surface area contributed by atoms with Crippen LogP contribution in [-0.4, -0.2) is 6.29 Å². The van der Waals surface area contributed by atoms with Crippen molar-refractivity contribution in [2.45, 2.75) is 79.3 Å². The van der Waals surface area contributed by atoms with E-state index in [1.54, 1.807) is 12.1 Å². The minimum atomic E-state index is -0.0830. The molecule has 0 amide bonds. The molecular formula is C91H78O13. The zero-order valence-corrected chi connectivity index (χ0v) is 57.5. The van der Waals surface area contributed by atoms with Gasteiger partial charge in [0.1, 0.15) is 85.6 Å². The Morgan fingerprint density at radius 2 is 0.298 bits per heavy atom. The molecule has 13 heteroatoms. The number of hydrogen-bond acceptors (Lipinski definition) is 13. The van der Waals surface area contributed by atoms with E-state index in [9.17, 15) is 4.79 Å². The van der Waals surface area contributed by atoms with Crippen LogP contribution in [0.5, 0.6) is 69.0 Å². The average Bonchev–Trinajstić information content (AvgIpc) is 0.813. The second-order valence-electron chi connectivity index (χ2n) is 24.6. The molecule has 0 saturated heterocycles. The van der Waals surface area contributed by atoms with Crippen molar-refractivity contribution < 1.29 is 61.6 Å². The molecule has 0 unspecified atom stereocenters. The molecule has 13 aromatic carbocycles. The van der Waals surface area contributed by atoms with Crippen LogP contribution in [0.3, 0.4) is 0 Å². The van der Waals surface area contributed by atoms with Crippen LogP contribution in [0.2, 0.25) is 0 Å². The molecule has 0 radical (unpaired) electrons. The summed E-state index contributed by atoms with van der Waals surface area (Å²) in [6.45, 7) is 1.86. The molecular weight excluding hydrogens is 1300 g/mol. The molecule has 0 saturated carbocycles. The van der Waals surface area contributed by atoms with Crippen LogP contribution in [-0.2, 0) is 79.3 Å². The standard InChI is InChI=1S/C91H78O13/c92-54-76-46-80(99-64-77-48-82(93-55-67-28-10-1-11-29-67)89(101-61-73-40-22-7-23-41-73)83(49-77)94-56-68-30-12-2-13-31-68)88(104-66-79-52-86(97-59-71-36-18-5-19-37-71)91(103-63-75-44-26-9-27-45-75)87(53-79)98-60-72-38-20-6-21-39-72)81(47-76)100-65-78-50-84(95-57-69-32-14-3-15-33-69)90(102-62-74-42-24-8-25-43-74)85(51-78)96-58-70-34-16-4-17-35-70/h1-54H,55-66H2. The van der Waals surface area contributed by atoms with Crippen LogP contribution in [0.25, 0.3) is 0 Å². The molecule has 0 heterocycles. The van der Waals surface area contributed by atoms with Gasteiger partial charge >= 0.3 is 0 Å². The topological polar surface area (TPSA) is 128 Å². The van der Waals surface area contributed by atoms with Gasteiger partial charge in [0.2, 0.25) is 23.0 Å². The third-order valence-corrected chi connectivity index (χ3v) is 16.7. The zero-order valence-electron chi connectivity index (χ0n) is 57.5. The monoisotopic (exact) mass is 1380 g/mol. The van der Waals surface area contributed by atoms with E-state index in [0.717, 1.165) is 56.4 Å². The van der Waals surface area contributed by atoms with Crippen molar-refractivity contribution in [3.63, 3.8) is 0 Å². The van der Waals surface area contributed by atoms with Crippen molar-refractivity contribution in [2.75, 3.05) is 0 Å². The lowest BCUT2D eigenvalue weighted by atomic mass is 10.1. The second-order valence-corrected chi connectivity index (χ2v) is 24.6. The predicted octanol–water partition coefficient (Wildman–Crippen LogP) is 20.4. The van der Waals surface area contributed by atoms with Gasteiger partial charge in [0, 0.05) is 5.56 Å². The van der Waals surface area contributed by atoms with Gasteiger partial charge in [0.05, 0.1) is 0 Å². The number of carbonyl (C=O) groups is 1. The normalized spacial score (nSPS) is 10.8. The fourth-order valence-electron chi connectivity index (χ4n) is 11.3. The molecule has 13 aromatic rings. The maximum atomic E-state index is 13.4. The maximum absolute atomic E-state index is 13.4. The first kappa shape index (κ1) is 69.6. The van der Waals surface area contributed by atoms with Gasteiger partial charge in [0.25, 0.3) is 0 Å². The first-order chi connectivity index (χ1) is 51.5. The largest absolute Gasteiger partial charge is 0.485 e. The van der Waals surface area contributed by atoms with Crippen molar-refractivity contribution in [1.29, 1.82) is 0 Å². The van der Waals surface area contributed by atoms with Crippen LogP contribution in [0, 0.1) is 0 Å². The summed E-state index contributed by atoms with van der Waals surface area (Å²) in [7, 11) is 0. The fraction of sp³-hybridized carbons (Fsp3) is 0.132. The number of ether oxygens (including phenoxy) is 12. The Morgan fingerprint density at radius 1 is 0.163 bits per heavy atom. The SMILES string of the molecule is O=Cc1cc(OCc2cc(OCc3ccccc3)c(OCc3ccccc3)c(OCc3ccccc3)c2)c(OCc2cc(OCc3ccccc3)c(OCc3ccccc3)c(OCc3ccccc3)c2)c(OCc2cc(OCc3ccccc3)c(OCc3ccccc3)c(OCc3ccccc3)c2)c1. The van der Waals surface area contributed by atoms with E-state index in [0.29, 0.717) is 68.4 Å². The third kappa shape index (κ3) is 20.2. The van der Waals surface area contributed by atoms with Crippen LogP contribution in [0.1, 0.15) is 77.1 Å². The fourth-order valence-corrected chi connectivity index (χ4v) is 11.3. The van der Waals surface area contributed by atoms with Gasteiger partial charge < -0.3 is 56.8 Å². The molecule has 0 N–H and O–H groups in total. The Bertz CT molecular complexity index is 4390. The van der Waals surface area contributed by atoms with E-state index in [-0.39, 0.29) is 102 Å². The quantitative estimate of drug-likeness (QED) is 0.0343. The molecule has 13 nitrogen and oxygen atoms in total. The first-order valence-electron chi connectivity index (χ1n) is 34.5. The summed E-state index contributed by atoms with van der Waals surface area (Å²) >= 11 is 0. The summed E-state index contributed by atoms with van der Waals surface area (Å²) in [6, 6.07) is 104. The molecule has 104 heavy (non-hydrogen) atoms. The minimum absolute atomic E-state index is 0.0719. The summed E-state index contributed by atoms with van der Waals surface area (Å²) in [5.74, 6) is 4.40. The Morgan fingerprint density at radius 3 is 0.462 bits per heavy atom. The van der Waals surface area contributed by atoms with E-state index in [4.69, 9.17) is 56.8 Å². The van der Waals surface area contributed by atoms with Crippen LogP contribution < -0.4 is 56.8 Å². The zero-order chi connectivity index (χ0) is 70.6. The molecule has 0 atom stereocenters. The summed E-state index contributed by atoms with van der Waals surface area (Å²) in [6.07, 6.45) is 0.748. The number of hydrogen-bond donors (Lipinski definition) is 0. The molecule has 520 valence electrons. The summed E-state index contributed by atoms with van der Waals surface area (Å²) in [5, 5.41) is 0. The predicted molar refractivity (Wildman–Crippen MR) is 401 cm³/mol. The molecule has 0 aliphatic carbocycles. The van der Waals surface area contributed by atoms with E-state index in [1.165, 1.54) is 0 Å². The van der Waals surface area contributed by atoms with Crippen molar-refractivity contribution in [3.05, 3.63) is 394 Å². The average molecular weight is 1380 g/mol. The van der Waals surface area contributed by atoms with Crippen molar-refractivity contribution >= 4 is 6.29 Å². The number of aldehydes is 1. The summed E-state index contributed by atoms with van der Waals surface area (Å²) in [5.41, 5.74) is 10.8. The Hall–Kier alpha value is -12.9. The highest BCUT2D eigenvalue weighted by Gasteiger charge is 2.24. The minimum Gasteiger partial charge on any atom is -0.485 e. The summed E-state index contributed by atoms with van der Waals surface area (Å²) in [4.78, 5) is 13.4. The van der Waals surface area contributed by atoms with Crippen LogP contribution in [0.4, 0.5) is 0 Å². The van der Waals surface area contributed by atoms with Gasteiger partial charge in [-0.2, -0.15) is 0 Å². The van der Waals surface area contributed by atoms with Crippen LogP contribution >= 0.6 is 0 Å². The highest BCUT2D eigenvalue weighted by Crippen LogP contribution is 2.47.